The predicted molar refractivity (Wildman–Crippen MR) is 69.1 cm³/mol. The molecule has 3 N–H and O–H groups in total. The first-order valence-electron chi connectivity index (χ1n) is 5.65. The molecule has 0 saturated carbocycles. The summed E-state index contributed by atoms with van der Waals surface area (Å²) in [5, 5.41) is 0. The van der Waals surface area contributed by atoms with E-state index in [0.29, 0.717) is 6.54 Å². The smallest absolute Gasteiger partial charge is 0.422 e. The Labute approximate surface area is 109 Å². The Hall–Kier alpha value is -0.860. The van der Waals surface area contributed by atoms with Crippen molar-refractivity contribution in [3.05, 3.63) is 0 Å². The third-order valence-corrected chi connectivity index (χ3v) is 3.54. The van der Waals surface area contributed by atoms with Gasteiger partial charge in [-0.25, -0.2) is 9.52 Å². The molecule has 0 heterocycles. The number of carbonyl (C=O) groups is 1. The minimum Gasteiger partial charge on any atom is -0.446 e. The van der Waals surface area contributed by atoms with Gasteiger partial charge < -0.3 is 10.5 Å². The molecule has 108 valence electrons. The molecule has 0 aromatic heterocycles. The maximum atomic E-state index is 11.8. The summed E-state index contributed by atoms with van der Waals surface area (Å²) in [5.41, 5.74) is 5.16. The maximum absolute atomic E-state index is 11.8. The highest BCUT2D eigenvalue weighted by Crippen LogP contribution is 2.15. The second-order valence-corrected chi connectivity index (χ2v) is 6.96. The molecule has 0 radical (unpaired) electrons. The van der Waals surface area contributed by atoms with E-state index in [0.717, 1.165) is 4.31 Å². The summed E-state index contributed by atoms with van der Waals surface area (Å²) in [6.07, 6.45) is -1.37. The van der Waals surface area contributed by atoms with E-state index in [9.17, 15) is 13.2 Å². The van der Waals surface area contributed by atoms with Crippen LogP contribution >= 0.6 is 0 Å². The van der Waals surface area contributed by atoms with Crippen molar-refractivity contribution in [1.82, 2.24) is 9.03 Å². The van der Waals surface area contributed by atoms with Crippen LogP contribution in [0.5, 0.6) is 0 Å². The lowest BCUT2D eigenvalue weighted by Gasteiger charge is -2.28. The fraction of sp³-hybridized carbons (Fsp3) is 0.900. The van der Waals surface area contributed by atoms with Gasteiger partial charge in [-0.05, 0) is 25.8 Å². The second kappa shape index (κ2) is 6.35. The van der Waals surface area contributed by atoms with Crippen molar-refractivity contribution in [3.8, 4) is 0 Å². The summed E-state index contributed by atoms with van der Waals surface area (Å²) >= 11 is 0. The van der Waals surface area contributed by atoms with Gasteiger partial charge in [0.15, 0.2) is 0 Å². The quantitative estimate of drug-likeness (QED) is 0.728. The van der Waals surface area contributed by atoms with Gasteiger partial charge in [0, 0.05) is 13.6 Å². The number of ether oxygens (including phenoxy) is 1. The molecule has 0 aliphatic rings. The molecule has 0 aliphatic carbocycles. The molecule has 0 atom stereocenters. The molecule has 1 amide bonds. The zero-order chi connectivity index (χ0) is 14.6. The number of hydrogen-bond donors (Lipinski definition) is 2. The van der Waals surface area contributed by atoms with Crippen molar-refractivity contribution in [2.75, 3.05) is 20.1 Å². The highest BCUT2D eigenvalue weighted by molar-refractivity contribution is 7.87. The SMILES string of the molecule is CC(C)OC(=O)NS(=O)(=O)N(C)CC(C)(C)CN. The van der Waals surface area contributed by atoms with Crippen molar-refractivity contribution in [1.29, 1.82) is 0 Å². The average molecular weight is 281 g/mol. The lowest BCUT2D eigenvalue weighted by molar-refractivity contribution is 0.121. The number of rotatable bonds is 6. The zero-order valence-electron chi connectivity index (χ0n) is 11.6. The van der Waals surface area contributed by atoms with Gasteiger partial charge in [0.2, 0.25) is 0 Å². The molecular formula is C10H23N3O4S. The van der Waals surface area contributed by atoms with E-state index in [1.165, 1.54) is 7.05 Å². The summed E-state index contributed by atoms with van der Waals surface area (Å²) in [5.74, 6) is 0. The van der Waals surface area contributed by atoms with Crippen LogP contribution in [0.1, 0.15) is 27.7 Å². The third kappa shape index (κ3) is 6.18. The van der Waals surface area contributed by atoms with Crippen LogP contribution in [0, 0.1) is 5.41 Å². The first kappa shape index (κ1) is 17.1. The van der Waals surface area contributed by atoms with Crippen molar-refractivity contribution in [2.24, 2.45) is 11.1 Å². The molecule has 0 rings (SSSR count). The Bertz CT molecular complexity index is 379. The van der Waals surface area contributed by atoms with Crippen LogP contribution in [0.2, 0.25) is 0 Å². The van der Waals surface area contributed by atoms with Gasteiger partial charge in [-0.2, -0.15) is 12.7 Å². The number of hydrogen-bond acceptors (Lipinski definition) is 5. The van der Waals surface area contributed by atoms with E-state index in [-0.39, 0.29) is 18.1 Å². The lowest BCUT2D eigenvalue weighted by atomic mass is 9.94. The lowest BCUT2D eigenvalue weighted by Crippen LogP contribution is -2.46. The van der Waals surface area contributed by atoms with Crippen LogP contribution in [0.4, 0.5) is 4.79 Å². The second-order valence-electron chi connectivity index (χ2n) is 5.19. The molecule has 0 fully saturated rings. The molecule has 8 heteroatoms. The molecule has 0 saturated heterocycles. The minimum atomic E-state index is -3.90. The topological polar surface area (TPSA) is 102 Å². The summed E-state index contributed by atoms with van der Waals surface area (Å²) in [6.45, 7) is 7.48. The molecule has 0 bridgehead atoms. The number of carbonyl (C=O) groups excluding carboxylic acids is 1. The number of amides is 1. The number of nitrogens with one attached hydrogen (secondary N) is 1. The Kier molecular flexibility index (Phi) is 6.05. The highest BCUT2D eigenvalue weighted by Gasteiger charge is 2.27. The van der Waals surface area contributed by atoms with Crippen molar-refractivity contribution in [2.45, 2.75) is 33.8 Å². The average Bonchev–Trinajstić information content (AvgIpc) is 2.14. The van der Waals surface area contributed by atoms with E-state index in [1.807, 2.05) is 18.6 Å². The van der Waals surface area contributed by atoms with Crippen LogP contribution in [0.15, 0.2) is 0 Å². The fourth-order valence-electron chi connectivity index (χ4n) is 1.17. The largest absolute Gasteiger partial charge is 0.446 e. The van der Waals surface area contributed by atoms with Gasteiger partial charge in [-0.1, -0.05) is 13.8 Å². The van der Waals surface area contributed by atoms with Gasteiger partial charge >= 0.3 is 16.3 Å². The van der Waals surface area contributed by atoms with E-state index >= 15 is 0 Å². The Balaban J connectivity index is 4.59. The van der Waals surface area contributed by atoms with Gasteiger partial charge in [0.25, 0.3) is 0 Å². The molecule has 0 aromatic rings. The minimum absolute atomic E-state index is 0.202. The zero-order valence-corrected chi connectivity index (χ0v) is 12.4. The van der Waals surface area contributed by atoms with Gasteiger partial charge in [-0.15, -0.1) is 0 Å². The normalized spacial score (nSPS) is 12.9. The monoisotopic (exact) mass is 281 g/mol. The molecule has 0 aliphatic heterocycles. The van der Waals surface area contributed by atoms with Gasteiger partial charge in [0.05, 0.1) is 6.10 Å². The van der Waals surface area contributed by atoms with Crippen LogP contribution in [0.3, 0.4) is 0 Å². The molecule has 0 unspecified atom stereocenters. The van der Waals surface area contributed by atoms with Crippen molar-refractivity contribution >= 4 is 16.3 Å². The molecule has 18 heavy (non-hydrogen) atoms. The summed E-state index contributed by atoms with van der Waals surface area (Å²) in [4.78, 5) is 11.2. The first-order chi connectivity index (χ1) is 8.00. The van der Waals surface area contributed by atoms with Crippen LogP contribution in [-0.4, -0.2) is 45.1 Å². The maximum Gasteiger partial charge on any atom is 0.422 e. The molecular weight excluding hydrogens is 258 g/mol. The summed E-state index contributed by atoms with van der Waals surface area (Å²) in [6, 6.07) is 0. The molecule has 7 nitrogen and oxygen atoms in total. The molecule has 0 aromatic carbocycles. The van der Waals surface area contributed by atoms with Crippen LogP contribution < -0.4 is 10.5 Å². The van der Waals surface area contributed by atoms with Crippen LogP contribution in [0.25, 0.3) is 0 Å². The van der Waals surface area contributed by atoms with Crippen LogP contribution in [-0.2, 0) is 14.9 Å². The van der Waals surface area contributed by atoms with Gasteiger partial charge in [-0.3, -0.25) is 0 Å². The van der Waals surface area contributed by atoms with E-state index in [2.05, 4.69) is 0 Å². The van der Waals surface area contributed by atoms with E-state index < -0.39 is 16.3 Å². The standard InChI is InChI=1S/C10H23N3O4S/c1-8(2)17-9(14)12-18(15,16)13(5)7-10(3,4)6-11/h8H,6-7,11H2,1-5H3,(H,12,14). The van der Waals surface area contributed by atoms with E-state index in [4.69, 9.17) is 10.5 Å². The van der Waals surface area contributed by atoms with Gasteiger partial charge in [0.1, 0.15) is 0 Å². The summed E-state index contributed by atoms with van der Waals surface area (Å²) < 4.78 is 31.2. The Morgan fingerprint density at radius 2 is 1.94 bits per heavy atom. The molecule has 0 spiro atoms. The Morgan fingerprint density at radius 3 is 2.33 bits per heavy atom. The highest BCUT2D eigenvalue weighted by atomic mass is 32.2. The first-order valence-corrected chi connectivity index (χ1v) is 7.09. The van der Waals surface area contributed by atoms with E-state index in [1.54, 1.807) is 13.8 Å². The summed E-state index contributed by atoms with van der Waals surface area (Å²) in [7, 11) is -2.52. The predicted octanol–water partition coefficient (Wildman–Crippen LogP) is 0.283. The third-order valence-electron chi connectivity index (χ3n) is 2.17. The van der Waals surface area contributed by atoms with Crippen molar-refractivity contribution in [3.63, 3.8) is 0 Å². The fourth-order valence-corrected chi connectivity index (χ4v) is 2.11. The number of nitrogens with two attached hydrogens (primary N) is 1. The Morgan fingerprint density at radius 1 is 1.44 bits per heavy atom. The number of nitrogens with zero attached hydrogens (tertiary/aromatic N) is 1. The van der Waals surface area contributed by atoms with Crippen molar-refractivity contribution < 1.29 is 17.9 Å².